The first-order chi connectivity index (χ1) is 10.9. The van der Waals surface area contributed by atoms with Crippen molar-refractivity contribution in [2.45, 2.75) is 52.4 Å². The van der Waals surface area contributed by atoms with Crippen LogP contribution in [0.4, 0.5) is 0 Å². The third-order valence-electron chi connectivity index (χ3n) is 3.72. The zero-order valence-electron chi connectivity index (χ0n) is 15.8. The van der Waals surface area contributed by atoms with E-state index in [9.17, 15) is 0 Å². The van der Waals surface area contributed by atoms with Gasteiger partial charge in [0.2, 0.25) is 0 Å². The first-order valence-corrected chi connectivity index (χ1v) is 9.45. The third-order valence-corrected chi connectivity index (χ3v) is 3.72. The van der Waals surface area contributed by atoms with Crippen molar-refractivity contribution in [1.82, 2.24) is 0 Å². The van der Waals surface area contributed by atoms with Gasteiger partial charge in [0, 0.05) is 0 Å². The summed E-state index contributed by atoms with van der Waals surface area (Å²) < 4.78 is 31.6. The summed E-state index contributed by atoms with van der Waals surface area (Å²) in [4.78, 5) is 0. The molecule has 0 amide bonds. The van der Waals surface area contributed by atoms with Crippen LogP contribution in [0, 0.1) is 0 Å². The second-order valence-electron chi connectivity index (χ2n) is 5.58. The van der Waals surface area contributed by atoms with Crippen molar-refractivity contribution in [3.63, 3.8) is 0 Å². The number of aryl methyl sites for hydroxylation is 2. The van der Waals surface area contributed by atoms with Gasteiger partial charge in [0.15, 0.2) is 0 Å². The molecule has 2 N–H and O–H groups in total. The van der Waals surface area contributed by atoms with Crippen LogP contribution >= 0.6 is 0 Å². The van der Waals surface area contributed by atoms with Crippen LogP contribution in [0.1, 0.15) is 52.1 Å². The maximum atomic E-state index is 8.74. The van der Waals surface area contributed by atoms with Crippen molar-refractivity contribution in [3.8, 4) is 0 Å². The molecule has 2 aromatic carbocycles. The summed E-state index contributed by atoms with van der Waals surface area (Å²) in [5, 5.41) is 2.86. The molecule has 0 aliphatic rings. The molecule has 2 rings (SSSR count). The van der Waals surface area contributed by atoms with Gasteiger partial charge >= 0.3 is 40.0 Å². The minimum Gasteiger partial charge on any atom is -1.00 e. The van der Waals surface area contributed by atoms with Gasteiger partial charge in [0.1, 0.15) is 0 Å². The number of hydrogen-bond acceptors (Lipinski definition) is 2. The summed E-state index contributed by atoms with van der Waals surface area (Å²) in [5.41, 5.74) is 3.17. The fraction of sp³-hybridized carbons (Fsp3) is 0.444. The Balaban J connectivity index is 0. The number of rotatable bonds is 6. The Labute approximate surface area is 169 Å². The minimum atomic E-state index is -4.67. The van der Waals surface area contributed by atoms with Gasteiger partial charge in [-0.25, -0.2) is 0 Å². The normalized spacial score (nSPS) is 10.7. The molecule has 6 heteroatoms. The molecule has 0 aliphatic heterocycles. The maximum absolute atomic E-state index is 8.74. The number of hydrogen-bond donors (Lipinski definition) is 2. The molecular formula is C18H27NaO4S. The van der Waals surface area contributed by atoms with Crippen LogP contribution in [0.25, 0.3) is 10.8 Å². The second kappa shape index (κ2) is 12.0. The van der Waals surface area contributed by atoms with Gasteiger partial charge in [-0.15, -0.1) is 0 Å². The predicted molar refractivity (Wildman–Crippen MR) is 96.5 cm³/mol. The molecule has 0 aromatic heterocycles. The Hall–Kier alpha value is -0.430. The van der Waals surface area contributed by atoms with Crippen molar-refractivity contribution in [1.29, 1.82) is 0 Å². The van der Waals surface area contributed by atoms with E-state index < -0.39 is 10.4 Å². The Kier molecular flexibility index (Phi) is 11.8. The average Bonchev–Trinajstić information content (AvgIpc) is 2.49. The summed E-state index contributed by atoms with van der Waals surface area (Å²) in [7, 11) is -4.67. The monoisotopic (exact) mass is 362 g/mol. The zero-order valence-corrected chi connectivity index (χ0v) is 17.6. The number of benzene rings is 2. The van der Waals surface area contributed by atoms with Gasteiger partial charge in [0.05, 0.1) is 0 Å². The van der Waals surface area contributed by atoms with Gasteiger partial charge in [-0.3, -0.25) is 9.11 Å². The third kappa shape index (κ3) is 9.16. The van der Waals surface area contributed by atoms with E-state index in [1.807, 2.05) is 0 Å². The average molecular weight is 362 g/mol. The molecule has 0 atom stereocenters. The quantitative estimate of drug-likeness (QED) is 0.609. The van der Waals surface area contributed by atoms with E-state index in [0.29, 0.717) is 0 Å². The number of unbranched alkanes of at least 4 members (excludes halogenated alkanes) is 2. The van der Waals surface area contributed by atoms with Crippen molar-refractivity contribution in [3.05, 3.63) is 47.5 Å². The molecule has 0 bridgehead atoms. The van der Waals surface area contributed by atoms with Gasteiger partial charge in [-0.2, -0.15) is 8.42 Å². The molecule has 0 saturated heterocycles. The fourth-order valence-corrected chi connectivity index (χ4v) is 2.63. The molecule has 0 spiro atoms. The van der Waals surface area contributed by atoms with E-state index in [0.717, 1.165) is 0 Å². The van der Waals surface area contributed by atoms with E-state index in [2.05, 4.69) is 50.2 Å². The summed E-state index contributed by atoms with van der Waals surface area (Å²) in [6.45, 7) is 4.55. The largest absolute Gasteiger partial charge is 1.00 e. The van der Waals surface area contributed by atoms with Crippen molar-refractivity contribution >= 4 is 21.2 Å². The first kappa shape index (κ1) is 23.6. The summed E-state index contributed by atoms with van der Waals surface area (Å²) >= 11 is 0. The summed E-state index contributed by atoms with van der Waals surface area (Å²) in [5.74, 6) is 0. The van der Waals surface area contributed by atoms with Gasteiger partial charge in [-0.05, 0) is 47.6 Å². The van der Waals surface area contributed by atoms with Crippen LogP contribution in [0.5, 0.6) is 0 Å². The molecule has 0 heterocycles. The Bertz CT molecular complexity index is 712. The SMILES string of the molecule is CCCCc1ccc2ccccc2c1CCCC.O=S(=O)(O)O.[H-].[Na+]. The molecule has 24 heavy (non-hydrogen) atoms. The van der Waals surface area contributed by atoms with E-state index in [-0.39, 0.29) is 31.0 Å². The smallest absolute Gasteiger partial charge is 1.00 e. The molecule has 0 radical (unpaired) electrons. The number of fused-ring (bicyclic) bond motifs is 1. The van der Waals surface area contributed by atoms with Crippen molar-refractivity contribution in [2.75, 3.05) is 0 Å². The molecule has 130 valence electrons. The summed E-state index contributed by atoms with van der Waals surface area (Å²) in [6.07, 6.45) is 7.62. The first-order valence-electron chi connectivity index (χ1n) is 8.06. The zero-order chi connectivity index (χ0) is 17.3. The van der Waals surface area contributed by atoms with Crippen molar-refractivity contribution in [2.24, 2.45) is 0 Å². The van der Waals surface area contributed by atoms with E-state index in [4.69, 9.17) is 17.5 Å². The fourth-order valence-electron chi connectivity index (χ4n) is 2.63. The van der Waals surface area contributed by atoms with Crippen LogP contribution in [0.15, 0.2) is 36.4 Å². The minimum absolute atomic E-state index is 0. The van der Waals surface area contributed by atoms with Crippen LogP contribution in [0.2, 0.25) is 0 Å². The topological polar surface area (TPSA) is 74.6 Å². The van der Waals surface area contributed by atoms with Gasteiger partial charge in [0.25, 0.3) is 0 Å². The van der Waals surface area contributed by atoms with Crippen molar-refractivity contribution < 1.29 is 48.5 Å². The molecule has 2 aromatic rings. The summed E-state index contributed by atoms with van der Waals surface area (Å²) in [6, 6.07) is 13.5. The van der Waals surface area contributed by atoms with Crippen LogP contribution in [0.3, 0.4) is 0 Å². The van der Waals surface area contributed by atoms with Gasteiger partial charge in [-0.1, -0.05) is 63.1 Å². The van der Waals surface area contributed by atoms with Gasteiger partial charge < -0.3 is 1.43 Å². The predicted octanol–water partition coefficient (Wildman–Crippen LogP) is 1.99. The van der Waals surface area contributed by atoms with Crippen LogP contribution in [-0.2, 0) is 23.2 Å². The second-order valence-corrected chi connectivity index (χ2v) is 6.47. The Morgan fingerprint density at radius 3 is 2.04 bits per heavy atom. The van der Waals surface area contributed by atoms with E-state index in [1.165, 1.54) is 49.3 Å². The standard InChI is InChI=1S/C18H24.Na.H2O4S.H/c1-3-5-9-15-13-14-16-10-7-8-12-18(16)17(15)11-6-4-2;;1-5(2,3)4;/h7-8,10,12-14H,3-6,9,11H2,1-2H3;;(H2,1,2,3,4);/q;+1;;-1. The molecule has 0 unspecified atom stereocenters. The molecule has 4 nitrogen and oxygen atoms in total. The molecule has 0 fully saturated rings. The molecular weight excluding hydrogens is 335 g/mol. The van der Waals surface area contributed by atoms with E-state index in [1.54, 1.807) is 11.1 Å². The Morgan fingerprint density at radius 1 is 0.917 bits per heavy atom. The Morgan fingerprint density at radius 2 is 1.46 bits per heavy atom. The molecule has 0 saturated carbocycles. The van der Waals surface area contributed by atoms with Crippen LogP contribution in [-0.4, -0.2) is 17.5 Å². The van der Waals surface area contributed by atoms with E-state index >= 15 is 0 Å². The van der Waals surface area contributed by atoms with Crippen LogP contribution < -0.4 is 29.6 Å². The molecule has 0 aliphatic carbocycles. The maximum Gasteiger partial charge on any atom is 1.00 e.